The zero-order valence-corrected chi connectivity index (χ0v) is 24.5. The van der Waals surface area contributed by atoms with Crippen LogP contribution in [-0.4, -0.2) is 15.0 Å². The Kier molecular flexibility index (Phi) is 6.70. The summed E-state index contributed by atoms with van der Waals surface area (Å²) in [5, 5.41) is 12.6. The van der Waals surface area contributed by atoms with E-state index < -0.39 is 17.5 Å². The van der Waals surface area contributed by atoms with Crippen LogP contribution in [0.3, 0.4) is 0 Å². The summed E-state index contributed by atoms with van der Waals surface area (Å²) in [5.74, 6) is -4.11. The monoisotopic (exact) mass is 614 g/mol. The van der Waals surface area contributed by atoms with Gasteiger partial charge in [-0.2, -0.15) is 5.26 Å². The van der Waals surface area contributed by atoms with Crippen LogP contribution in [0.5, 0.6) is 0 Å². The van der Waals surface area contributed by atoms with Gasteiger partial charge < -0.3 is 0 Å². The lowest BCUT2D eigenvalue weighted by atomic mass is 9.92. The number of halogens is 3. The minimum Gasteiger partial charge on any atom is -0.247 e. The lowest BCUT2D eigenvalue weighted by molar-refractivity contribution is 0.448. The molecule has 0 bridgehead atoms. The molecule has 0 aliphatic carbocycles. The number of nitrogens with zero attached hydrogens (tertiary/aromatic N) is 4. The fourth-order valence-electron chi connectivity index (χ4n) is 6.17. The maximum Gasteiger partial charge on any atom is 0.194 e. The van der Waals surface area contributed by atoms with Gasteiger partial charge >= 0.3 is 0 Å². The number of hydrogen-bond acceptors (Lipinski definition) is 4. The number of fused-ring (bicyclic) bond motifs is 5. The maximum atomic E-state index is 14.4. The molecule has 47 heavy (non-hydrogen) atoms. The summed E-state index contributed by atoms with van der Waals surface area (Å²) in [6, 6.07) is 40.2. The van der Waals surface area contributed by atoms with Crippen LogP contribution in [0.1, 0.15) is 5.56 Å². The number of aromatic nitrogens is 3. The number of rotatable bonds is 4. The highest BCUT2D eigenvalue weighted by atomic mass is 19.2. The summed E-state index contributed by atoms with van der Waals surface area (Å²) in [6.45, 7) is 0. The summed E-state index contributed by atoms with van der Waals surface area (Å²) in [4.78, 5) is 15.4. The van der Waals surface area contributed by atoms with Gasteiger partial charge in [0.2, 0.25) is 0 Å². The molecule has 6 aromatic carbocycles. The first kappa shape index (κ1) is 28.1. The first-order chi connectivity index (χ1) is 23.0. The second-order valence-electron chi connectivity index (χ2n) is 11.1. The second kappa shape index (κ2) is 11.2. The maximum absolute atomic E-state index is 14.4. The summed E-state index contributed by atoms with van der Waals surface area (Å²) in [5.41, 5.74) is 6.56. The highest BCUT2D eigenvalue weighted by molar-refractivity contribution is 6.22. The van der Waals surface area contributed by atoms with Gasteiger partial charge in [0.1, 0.15) is 11.6 Å². The minimum absolute atomic E-state index is 0.153. The van der Waals surface area contributed by atoms with E-state index >= 15 is 0 Å². The molecule has 7 heteroatoms. The van der Waals surface area contributed by atoms with Gasteiger partial charge in [-0.25, -0.2) is 28.1 Å². The van der Waals surface area contributed by atoms with Gasteiger partial charge in [0, 0.05) is 32.8 Å². The normalized spacial score (nSPS) is 11.3. The molecule has 0 aliphatic heterocycles. The molecule has 0 radical (unpaired) electrons. The van der Waals surface area contributed by atoms with Crippen molar-refractivity contribution in [1.29, 1.82) is 5.26 Å². The quantitative estimate of drug-likeness (QED) is 0.146. The number of hydrogen-bond donors (Lipinski definition) is 0. The Balaban J connectivity index is 1.53. The average Bonchev–Trinajstić information content (AvgIpc) is 3.13. The third kappa shape index (κ3) is 4.66. The Hall–Kier alpha value is -6.39. The van der Waals surface area contributed by atoms with E-state index in [4.69, 9.17) is 15.0 Å². The topological polar surface area (TPSA) is 62.5 Å². The molecule has 2 heterocycles. The van der Waals surface area contributed by atoms with Crippen molar-refractivity contribution in [2.75, 3.05) is 0 Å². The highest BCUT2D eigenvalue weighted by Crippen LogP contribution is 2.42. The molecule has 0 fully saturated rings. The number of nitriles is 1. The fraction of sp³-hybridized carbons (Fsp3) is 0. The van der Waals surface area contributed by atoms with Gasteiger partial charge in [-0.15, -0.1) is 0 Å². The Morgan fingerprint density at radius 3 is 1.68 bits per heavy atom. The van der Waals surface area contributed by atoms with Gasteiger partial charge in [-0.05, 0) is 35.4 Å². The van der Waals surface area contributed by atoms with Crippen LogP contribution in [0, 0.1) is 28.8 Å². The summed E-state index contributed by atoms with van der Waals surface area (Å²) < 4.78 is 42.8. The summed E-state index contributed by atoms with van der Waals surface area (Å²) in [6.07, 6.45) is 0. The van der Waals surface area contributed by atoms with Crippen LogP contribution in [0.4, 0.5) is 13.2 Å². The lowest BCUT2D eigenvalue weighted by Crippen LogP contribution is -2.00. The molecule has 222 valence electrons. The number of para-hydroxylation sites is 1. The van der Waals surface area contributed by atoms with Gasteiger partial charge in [-0.1, -0.05) is 103 Å². The zero-order chi connectivity index (χ0) is 32.1. The molecule has 0 N–H and O–H groups in total. The van der Waals surface area contributed by atoms with Crippen molar-refractivity contribution in [2.24, 2.45) is 0 Å². The largest absolute Gasteiger partial charge is 0.247 e. The van der Waals surface area contributed by atoms with E-state index in [1.54, 1.807) is 30.3 Å². The smallest absolute Gasteiger partial charge is 0.194 e. The molecule has 2 aromatic heterocycles. The lowest BCUT2D eigenvalue weighted by Gasteiger charge is -2.17. The van der Waals surface area contributed by atoms with Gasteiger partial charge in [0.15, 0.2) is 17.5 Å². The molecule has 0 saturated carbocycles. The van der Waals surface area contributed by atoms with E-state index in [0.29, 0.717) is 55.7 Å². The predicted molar refractivity (Wildman–Crippen MR) is 179 cm³/mol. The molecular formula is C40H21F3N4. The van der Waals surface area contributed by atoms with Crippen LogP contribution < -0.4 is 0 Å². The van der Waals surface area contributed by atoms with Crippen molar-refractivity contribution < 1.29 is 13.2 Å². The number of benzene rings is 6. The SMILES string of the molecule is N#Cc1cc2c(-c3ccccc3-c3cc(F)c(F)c(F)c3)nc3ccccc3c2c2nc(-c3ccccc3)c(-c3ccccc3)nc12. The van der Waals surface area contributed by atoms with Crippen molar-refractivity contribution >= 4 is 32.7 Å². The molecule has 0 amide bonds. The Labute approximate surface area is 267 Å². The molecular weight excluding hydrogens is 593 g/mol. The van der Waals surface area contributed by atoms with Crippen molar-refractivity contribution in [3.63, 3.8) is 0 Å². The molecule has 8 aromatic rings. The highest BCUT2D eigenvalue weighted by Gasteiger charge is 2.23. The van der Waals surface area contributed by atoms with Gasteiger partial charge in [0.25, 0.3) is 0 Å². The van der Waals surface area contributed by atoms with Crippen LogP contribution in [0.2, 0.25) is 0 Å². The molecule has 0 aliphatic rings. The van der Waals surface area contributed by atoms with E-state index in [1.165, 1.54) is 0 Å². The molecule has 8 rings (SSSR count). The third-order valence-electron chi connectivity index (χ3n) is 8.30. The van der Waals surface area contributed by atoms with Crippen molar-refractivity contribution in [1.82, 2.24) is 15.0 Å². The Morgan fingerprint density at radius 2 is 1.04 bits per heavy atom. The zero-order valence-electron chi connectivity index (χ0n) is 24.5. The molecule has 0 spiro atoms. The standard InChI is InChI=1S/C40H21F3N4/c41-31-20-25(21-32(42)35(31)43)27-15-7-8-16-28(27)39-30-19-26(22-44)38-40(34(30)29-17-9-10-18-33(29)45-39)47-37(24-13-5-2-6-14-24)36(46-38)23-11-3-1-4-12-23/h1-21H. The minimum atomic E-state index is -1.53. The molecule has 4 nitrogen and oxygen atoms in total. The summed E-state index contributed by atoms with van der Waals surface area (Å²) >= 11 is 0. The number of pyridine rings is 1. The van der Waals surface area contributed by atoms with Crippen molar-refractivity contribution in [2.45, 2.75) is 0 Å². The molecule has 0 atom stereocenters. The first-order valence-corrected chi connectivity index (χ1v) is 14.8. The Bertz CT molecular complexity index is 2540. The van der Waals surface area contributed by atoms with Gasteiger partial charge in [-0.3, -0.25) is 0 Å². The van der Waals surface area contributed by atoms with E-state index in [-0.39, 0.29) is 5.56 Å². The van der Waals surface area contributed by atoms with Crippen LogP contribution in [-0.2, 0) is 0 Å². The van der Waals surface area contributed by atoms with Crippen molar-refractivity contribution in [3.8, 4) is 51.0 Å². The molecule has 0 unspecified atom stereocenters. The Morgan fingerprint density at radius 1 is 0.489 bits per heavy atom. The van der Waals surface area contributed by atoms with Crippen LogP contribution in [0.15, 0.2) is 127 Å². The van der Waals surface area contributed by atoms with Gasteiger partial charge in [0.05, 0.1) is 33.7 Å². The molecule has 0 saturated heterocycles. The van der Waals surface area contributed by atoms with E-state index in [0.717, 1.165) is 34.0 Å². The summed E-state index contributed by atoms with van der Waals surface area (Å²) in [7, 11) is 0. The fourth-order valence-corrected chi connectivity index (χ4v) is 6.17. The van der Waals surface area contributed by atoms with Crippen LogP contribution >= 0.6 is 0 Å². The average molecular weight is 615 g/mol. The van der Waals surface area contributed by atoms with E-state index in [2.05, 4.69) is 6.07 Å². The van der Waals surface area contributed by atoms with E-state index in [9.17, 15) is 18.4 Å². The van der Waals surface area contributed by atoms with E-state index in [1.807, 2.05) is 84.9 Å². The van der Waals surface area contributed by atoms with Crippen LogP contribution in [0.25, 0.3) is 77.6 Å². The third-order valence-corrected chi connectivity index (χ3v) is 8.30. The van der Waals surface area contributed by atoms with Crippen molar-refractivity contribution in [3.05, 3.63) is 150 Å². The second-order valence-corrected chi connectivity index (χ2v) is 11.1. The predicted octanol–water partition coefficient (Wildman–Crippen LogP) is 10.3. The first-order valence-electron chi connectivity index (χ1n) is 14.8.